The fourth-order valence-electron chi connectivity index (χ4n) is 3.14. The highest BCUT2D eigenvalue weighted by Crippen LogP contribution is 2.38. The van der Waals surface area contributed by atoms with Crippen LogP contribution in [-0.2, 0) is 9.53 Å². The normalized spacial score (nSPS) is 30.6. The Kier molecular flexibility index (Phi) is 6.36. The molecule has 2 N–H and O–H groups in total. The summed E-state index contributed by atoms with van der Waals surface area (Å²) in [5.41, 5.74) is 0.266. The Morgan fingerprint density at radius 3 is 3.24 bits per heavy atom. The first-order valence-electron chi connectivity index (χ1n) is 7.85. The molecule has 120 valence electrons. The van der Waals surface area contributed by atoms with Crippen LogP contribution in [0.5, 0.6) is 0 Å². The first kappa shape index (κ1) is 16.6. The van der Waals surface area contributed by atoms with Gasteiger partial charge in [0.25, 0.3) is 0 Å². The van der Waals surface area contributed by atoms with Crippen LogP contribution >= 0.6 is 11.8 Å². The molecule has 1 heterocycles. The summed E-state index contributed by atoms with van der Waals surface area (Å²) in [6, 6.07) is 0. The van der Waals surface area contributed by atoms with Crippen LogP contribution < -0.4 is 10.6 Å². The van der Waals surface area contributed by atoms with Crippen molar-refractivity contribution in [2.75, 3.05) is 32.6 Å². The summed E-state index contributed by atoms with van der Waals surface area (Å²) in [7, 11) is 1.63. The predicted octanol–water partition coefficient (Wildman–Crippen LogP) is 1.78. The molecule has 1 spiro atoms. The number of carbonyl (C=O) groups is 1. The lowest BCUT2D eigenvalue weighted by atomic mass is 9.78. The zero-order valence-corrected chi connectivity index (χ0v) is 13.9. The highest BCUT2D eigenvalue weighted by atomic mass is 32.2. The van der Waals surface area contributed by atoms with Gasteiger partial charge in [0.1, 0.15) is 0 Å². The number of nitrogens with zero attached hydrogens (tertiary/aromatic N) is 1. The van der Waals surface area contributed by atoms with E-state index in [0.717, 1.165) is 16.8 Å². The van der Waals surface area contributed by atoms with E-state index in [2.05, 4.69) is 22.5 Å². The largest absolute Gasteiger partial charge is 0.383 e. The molecule has 1 aliphatic heterocycles. The number of carbonyl (C=O) groups excluding carboxylic acids is 1. The summed E-state index contributed by atoms with van der Waals surface area (Å²) >= 11 is 1.81. The summed E-state index contributed by atoms with van der Waals surface area (Å²) in [4.78, 5) is 16.1. The van der Waals surface area contributed by atoms with Gasteiger partial charge < -0.3 is 15.4 Å². The Bertz CT molecular complexity index is 389. The molecule has 0 bridgehead atoms. The standard InChI is InChI=1S/C15H27N3O2S/c1-12-4-3-6-15(10-12)11-21-14(18-15)17-7-5-13(19)16-8-9-20-2/h12H,3-11H2,1-2H3,(H,16,19)(H,17,18). The second-order valence-corrected chi connectivity index (χ2v) is 7.14. The predicted molar refractivity (Wildman–Crippen MR) is 87.8 cm³/mol. The third kappa shape index (κ3) is 5.18. The Morgan fingerprint density at radius 2 is 2.48 bits per heavy atom. The highest BCUT2D eigenvalue weighted by Gasteiger charge is 2.40. The number of hydrogen-bond acceptors (Lipinski definition) is 4. The Hall–Kier alpha value is -0.750. The lowest BCUT2D eigenvalue weighted by molar-refractivity contribution is -0.121. The number of ether oxygens (including phenoxy) is 1. The molecular weight excluding hydrogens is 286 g/mol. The number of amidine groups is 1. The van der Waals surface area contributed by atoms with E-state index >= 15 is 0 Å². The maximum absolute atomic E-state index is 11.6. The zero-order chi connectivity index (χ0) is 15.1. The van der Waals surface area contributed by atoms with Gasteiger partial charge in [0.2, 0.25) is 5.91 Å². The number of hydrogen-bond donors (Lipinski definition) is 2. The summed E-state index contributed by atoms with van der Waals surface area (Å²) in [5.74, 6) is 1.97. The van der Waals surface area contributed by atoms with E-state index in [-0.39, 0.29) is 11.4 Å². The van der Waals surface area contributed by atoms with E-state index in [1.807, 2.05) is 11.8 Å². The molecule has 1 saturated carbocycles. The van der Waals surface area contributed by atoms with E-state index in [4.69, 9.17) is 4.74 Å². The number of nitrogens with one attached hydrogen (secondary N) is 2. The molecule has 2 aliphatic rings. The fraction of sp³-hybridized carbons (Fsp3) is 0.867. The zero-order valence-electron chi connectivity index (χ0n) is 13.1. The molecular formula is C15H27N3O2S. The summed E-state index contributed by atoms with van der Waals surface area (Å²) in [5, 5.41) is 7.46. The fourth-order valence-corrected chi connectivity index (χ4v) is 4.35. The molecule has 1 saturated heterocycles. The van der Waals surface area contributed by atoms with Gasteiger partial charge in [-0.25, -0.2) is 0 Å². The van der Waals surface area contributed by atoms with Crippen molar-refractivity contribution >= 4 is 22.8 Å². The van der Waals surface area contributed by atoms with Crippen molar-refractivity contribution < 1.29 is 9.53 Å². The van der Waals surface area contributed by atoms with E-state index in [9.17, 15) is 4.79 Å². The van der Waals surface area contributed by atoms with Gasteiger partial charge in [0.15, 0.2) is 5.17 Å². The van der Waals surface area contributed by atoms with Crippen LogP contribution in [0.25, 0.3) is 0 Å². The molecule has 6 heteroatoms. The average molecular weight is 313 g/mol. The van der Waals surface area contributed by atoms with Crippen molar-refractivity contribution in [3.8, 4) is 0 Å². The molecule has 0 aromatic heterocycles. The van der Waals surface area contributed by atoms with E-state index < -0.39 is 0 Å². The van der Waals surface area contributed by atoms with Crippen molar-refractivity contribution in [2.45, 2.75) is 44.6 Å². The molecule has 0 aromatic rings. The molecule has 0 radical (unpaired) electrons. The number of thioether (sulfide) groups is 1. The van der Waals surface area contributed by atoms with Crippen molar-refractivity contribution in [1.82, 2.24) is 10.6 Å². The van der Waals surface area contributed by atoms with Crippen LogP contribution in [0, 0.1) is 5.92 Å². The maximum atomic E-state index is 11.6. The second-order valence-electron chi connectivity index (χ2n) is 6.18. The molecule has 0 aromatic carbocycles. The molecule has 2 atom stereocenters. The molecule has 5 nitrogen and oxygen atoms in total. The summed E-state index contributed by atoms with van der Waals surface area (Å²) in [6.07, 6.45) is 5.60. The molecule has 2 unspecified atom stereocenters. The first-order valence-corrected chi connectivity index (χ1v) is 8.83. The minimum Gasteiger partial charge on any atom is -0.383 e. The number of rotatable bonds is 6. The van der Waals surface area contributed by atoms with Crippen LogP contribution in [0.2, 0.25) is 0 Å². The van der Waals surface area contributed by atoms with Crippen LogP contribution in [0.1, 0.15) is 39.0 Å². The topological polar surface area (TPSA) is 62.7 Å². The minimum absolute atomic E-state index is 0.0420. The van der Waals surface area contributed by atoms with Crippen LogP contribution in [-0.4, -0.2) is 49.2 Å². The van der Waals surface area contributed by atoms with Gasteiger partial charge in [-0.2, -0.15) is 0 Å². The molecule has 21 heavy (non-hydrogen) atoms. The molecule has 1 amide bonds. The maximum Gasteiger partial charge on any atom is 0.221 e. The lowest BCUT2D eigenvalue weighted by Gasteiger charge is -2.36. The van der Waals surface area contributed by atoms with Gasteiger partial charge in [-0.15, -0.1) is 0 Å². The average Bonchev–Trinajstić information content (AvgIpc) is 2.81. The second kappa shape index (κ2) is 8.03. The first-order chi connectivity index (χ1) is 10.1. The molecule has 2 rings (SSSR count). The van der Waals surface area contributed by atoms with Crippen LogP contribution in [0.3, 0.4) is 0 Å². The van der Waals surface area contributed by atoms with Crippen LogP contribution in [0.15, 0.2) is 4.99 Å². The highest BCUT2D eigenvalue weighted by molar-refractivity contribution is 8.14. The SMILES string of the molecule is COCCNC(=O)CCN=C1NC2(CCCC(C)C2)CS1. The van der Waals surface area contributed by atoms with Crippen molar-refractivity contribution in [3.63, 3.8) is 0 Å². The lowest BCUT2D eigenvalue weighted by Crippen LogP contribution is -2.47. The Labute approximate surface area is 131 Å². The van der Waals surface area contributed by atoms with E-state index in [1.165, 1.54) is 25.7 Å². The minimum atomic E-state index is 0.0420. The molecule has 2 fully saturated rings. The Morgan fingerprint density at radius 1 is 1.62 bits per heavy atom. The van der Waals surface area contributed by atoms with E-state index in [0.29, 0.717) is 26.1 Å². The van der Waals surface area contributed by atoms with Crippen LogP contribution in [0.4, 0.5) is 0 Å². The monoisotopic (exact) mass is 313 g/mol. The van der Waals surface area contributed by atoms with Gasteiger partial charge in [0, 0.05) is 31.4 Å². The smallest absolute Gasteiger partial charge is 0.221 e. The number of methoxy groups -OCH3 is 1. The van der Waals surface area contributed by atoms with E-state index in [1.54, 1.807) is 7.11 Å². The van der Waals surface area contributed by atoms with Gasteiger partial charge in [-0.05, 0) is 18.8 Å². The van der Waals surface area contributed by atoms with Crippen molar-refractivity contribution in [3.05, 3.63) is 0 Å². The van der Waals surface area contributed by atoms with Crippen molar-refractivity contribution in [1.29, 1.82) is 0 Å². The van der Waals surface area contributed by atoms with Gasteiger partial charge in [-0.3, -0.25) is 9.79 Å². The summed E-state index contributed by atoms with van der Waals surface area (Å²) in [6.45, 7) is 4.02. The molecule has 1 aliphatic carbocycles. The summed E-state index contributed by atoms with van der Waals surface area (Å²) < 4.78 is 4.89. The van der Waals surface area contributed by atoms with Crippen molar-refractivity contribution in [2.24, 2.45) is 10.9 Å². The third-order valence-electron chi connectivity index (χ3n) is 4.17. The third-order valence-corrected chi connectivity index (χ3v) is 5.37. The number of aliphatic imine (C=N–C) groups is 1. The Balaban J connectivity index is 1.70. The number of amides is 1. The van der Waals surface area contributed by atoms with Gasteiger partial charge in [0.05, 0.1) is 13.2 Å². The quantitative estimate of drug-likeness (QED) is 0.734. The van der Waals surface area contributed by atoms with Gasteiger partial charge in [-0.1, -0.05) is 31.5 Å². The van der Waals surface area contributed by atoms with Gasteiger partial charge >= 0.3 is 0 Å².